The average molecular weight is 154 g/mol. The van der Waals surface area contributed by atoms with Crippen LogP contribution in [-0.4, -0.2) is 21.6 Å². The van der Waals surface area contributed by atoms with Gasteiger partial charge in [-0.25, -0.2) is 0 Å². The van der Waals surface area contributed by atoms with Crippen LogP contribution < -0.4 is 0 Å². The first-order valence-corrected chi connectivity index (χ1v) is 3.35. The zero-order valence-corrected chi connectivity index (χ0v) is 6.24. The molecule has 0 spiro atoms. The number of carbonyl (C=O) groups excluding carboxylic acids is 1. The molecule has 0 aliphatic heterocycles. The van der Waals surface area contributed by atoms with Crippen LogP contribution in [0, 0.1) is 0 Å². The van der Waals surface area contributed by atoms with Crippen LogP contribution in [0.5, 0.6) is 0 Å². The lowest BCUT2D eigenvalue weighted by Gasteiger charge is -2.22. The van der Waals surface area contributed by atoms with Gasteiger partial charge in [0.2, 0.25) is 0 Å². The third-order valence-corrected chi connectivity index (χ3v) is 1.72. The lowest BCUT2D eigenvalue weighted by atomic mass is 9.91. The van der Waals surface area contributed by atoms with E-state index in [4.69, 9.17) is 5.11 Å². The van der Waals surface area contributed by atoms with Gasteiger partial charge in [-0.2, -0.15) is 0 Å². The molecule has 3 heteroatoms. The maximum Gasteiger partial charge on any atom is 0.165 e. The Morgan fingerprint density at radius 2 is 2.36 bits per heavy atom. The zero-order chi connectivity index (χ0) is 8.48. The summed E-state index contributed by atoms with van der Waals surface area (Å²) in [5.41, 5.74) is -1.49. The van der Waals surface area contributed by atoms with Gasteiger partial charge in [0.1, 0.15) is 5.60 Å². The van der Waals surface area contributed by atoms with Gasteiger partial charge in [-0.1, -0.05) is 6.08 Å². The first-order chi connectivity index (χ1) is 5.04. The highest BCUT2D eigenvalue weighted by Gasteiger charge is 2.31. The predicted molar refractivity (Wildman–Crippen MR) is 40.1 cm³/mol. The number of hydrogen-bond acceptors (Lipinski definition) is 3. The zero-order valence-electron chi connectivity index (χ0n) is 6.24. The van der Waals surface area contributed by atoms with Crippen molar-refractivity contribution in [2.45, 2.75) is 18.9 Å². The SMILES string of the molecule is CC(=O)C1(O)C=CC=C(O)C1. The molecule has 0 fully saturated rings. The molecule has 0 saturated carbocycles. The number of hydrogen-bond donors (Lipinski definition) is 2. The summed E-state index contributed by atoms with van der Waals surface area (Å²) >= 11 is 0. The van der Waals surface area contributed by atoms with E-state index < -0.39 is 5.60 Å². The van der Waals surface area contributed by atoms with Gasteiger partial charge in [0.25, 0.3) is 0 Å². The Morgan fingerprint density at radius 1 is 1.73 bits per heavy atom. The molecule has 0 saturated heterocycles. The summed E-state index contributed by atoms with van der Waals surface area (Å²) < 4.78 is 0. The molecule has 0 aromatic rings. The number of allylic oxidation sites excluding steroid dienone is 2. The molecular formula is C8H10O3. The fourth-order valence-electron chi connectivity index (χ4n) is 0.954. The summed E-state index contributed by atoms with van der Waals surface area (Å²) in [5, 5.41) is 18.5. The Balaban J connectivity index is 2.86. The molecule has 0 aromatic heterocycles. The topological polar surface area (TPSA) is 57.5 Å². The number of ketones is 1. The minimum Gasteiger partial charge on any atom is -0.512 e. The Bertz CT molecular complexity index is 240. The van der Waals surface area contributed by atoms with Crippen LogP contribution >= 0.6 is 0 Å². The number of Topliss-reactive ketones (excluding diaryl/α,β-unsaturated/α-hetero) is 1. The molecule has 1 atom stereocenters. The first kappa shape index (κ1) is 8.01. The fraction of sp³-hybridized carbons (Fsp3) is 0.375. The van der Waals surface area contributed by atoms with Crippen molar-refractivity contribution in [1.29, 1.82) is 0 Å². The minimum absolute atomic E-state index is 0.0150. The van der Waals surface area contributed by atoms with Crippen LogP contribution in [0.1, 0.15) is 13.3 Å². The smallest absolute Gasteiger partial charge is 0.165 e. The van der Waals surface area contributed by atoms with Gasteiger partial charge in [-0.3, -0.25) is 4.79 Å². The van der Waals surface area contributed by atoms with Gasteiger partial charge in [-0.15, -0.1) is 0 Å². The van der Waals surface area contributed by atoms with Crippen LogP contribution in [0.2, 0.25) is 0 Å². The van der Waals surface area contributed by atoms with Crippen LogP contribution in [0.3, 0.4) is 0 Å². The summed E-state index contributed by atoms with van der Waals surface area (Å²) in [6, 6.07) is 0. The van der Waals surface area contributed by atoms with Crippen molar-refractivity contribution in [1.82, 2.24) is 0 Å². The summed E-state index contributed by atoms with van der Waals surface area (Å²) in [5.74, 6) is -0.321. The molecule has 1 unspecified atom stereocenters. The Kier molecular flexibility index (Phi) is 1.83. The monoisotopic (exact) mass is 154 g/mol. The van der Waals surface area contributed by atoms with Crippen molar-refractivity contribution in [2.24, 2.45) is 0 Å². The normalized spacial score (nSPS) is 29.8. The highest BCUT2D eigenvalue weighted by atomic mass is 16.3. The molecule has 0 bridgehead atoms. The summed E-state index contributed by atoms with van der Waals surface area (Å²) in [6.07, 6.45) is 4.30. The average Bonchev–Trinajstić information content (AvgIpc) is 1.86. The van der Waals surface area contributed by atoms with E-state index in [1.54, 1.807) is 0 Å². The summed E-state index contributed by atoms with van der Waals surface area (Å²) in [7, 11) is 0. The molecule has 1 rings (SSSR count). The van der Waals surface area contributed by atoms with Gasteiger partial charge < -0.3 is 10.2 Å². The Morgan fingerprint density at radius 3 is 2.73 bits per heavy atom. The molecular weight excluding hydrogens is 144 g/mol. The highest BCUT2D eigenvalue weighted by molar-refractivity contribution is 5.87. The van der Waals surface area contributed by atoms with Crippen molar-refractivity contribution >= 4 is 5.78 Å². The Hall–Kier alpha value is -1.09. The van der Waals surface area contributed by atoms with E-state index in [1.807, 2.05) is 0 Å². The van der Waals surface area contributed by atoms with Gasteiger partial charge in [0, 0.05) is 6.42 Å². The molecule has 0 radical (unpaired) electrons. The first-order valence-electron chi connectivity index (χ1n) is 3.35. The lowest BCUT2D eigenvalue weighted by Crippen LogP contribution is -2.36. The molecule has 2 N–H and O–H groups in total. The number of rotatable bonds is 1. The number of carbonyl (C=O) groups is 1. The van der Waals surface area contributed by atoms with Crippen LogP contribution in [-0.2, 0) is 4.79 Å². The molecule has 1 aliphatic rings. The van der Waals surface area contributed by atoms with Gasteiger partial charge in [-0.05, 0) is 19.1 Å². The van der Waals surface area contributed by atoms with Gasteiger partial charge >= 0.3 is 0 Å². The second-order valence-electron chi connectivity index (χ2n) is 2.67. The number of aliphatic hydroxyl groups is 2. The van der Waals surface area contributed by atoms with E-state index in [-0.39, 0.29) is 18.0 Å². The quantitative estimate of drug-likeness (QED) is 0.584. The Labute approximate surface area is 64.7 Å². The molecule has 0 amide bonds. The fourth-order valence-corrected chi connectivity index (χ4v) is 0.954. The van der Waals surface area contributed by atoms with E-state index in [1.165, 1.54) is 25.2 Å². The lowest BCUT2D eigenvalue weighted by molar-refractivity contribution is -0.131. The summed E-state index contributed by atoms with van der Waals surface area (Å²) in [4.78, 5) is 10.8. The third-order valence-electron chi connectivity index (χ3n) is 1.72. The van der Waals surface area contributed by atoms with E-state index in [0.717, 1.165) is 0 Å². The standard InChI is InChI=1S/C8H10O3/c1-6(9)8(11)4-2-3-7(10)5-8/h2-4,10-11H,5H2,1H3. The van der Waals surface area contributed by atoms with E-state index in [0.29, 0.717) is 0 Å². The minimum atomic E-state index is -1.49. The molecule has 0 aromatic carbocycles. The van der Waals surface area contributed by atoms with Crippen molar-refractivity contribution in [3.8, 4) is 0 Å². The van der Waals surface area contributed by atoms with E-state index in [2.05, 4.69) is 0 Å². The predicted octanol–water partition coefficient (Wildman–Crippen LogP) is 0.708. The van der Waals surface area contributed by atoms with Crippen molar-refractivity contribution in [2.75, 3.05) is 0 Å². The molecule has 0 heterocycles. The second-order valence-corrected chi connectivity index (χ2v) is 2.67. The van der Waals surface area contributed by atoms with E-state index in [9.17, 15) is 9.90 Å². The van der Waals surface area contributed by atoms with Crippen LogP contribution in [0.25, 0.3) is 0 Å². The molecule has 11 heavy (non-hydrogen) atoms. The van der Waals surface area contributed by atoms with Gasteiger partial charge in [0.15, 0.2) is 5.78 Å². The maximum atomic E-state index is 10.8. The van der Waals surface area contributed by atoms with Crippen molar-refractivity contribution < 1.29 is 15.0 Å². The molecule has 60 valence electrons. The molecule has 3 nitrogen and oxygen atoms in total. The molecule has 1 aliphatic carbocycles. The van der Waals surface area contributed by atoms with E-state index >= 15 is 0 Å². The largest absolute Gasteiger partial charge is 0.512 e. The maximum absolute atomic E-state index is 10.8. The van der Waals surface area contributed by atoms with Crippen LogP contribution in [0.4, 0.5) is 0 Å². The number of aliphatic hydroxyl groups excluding tert-OH is 1. The van der Waals surface area contributed by atoms with Crippen LogP contribution in [0.15, 0.2) is 24.0 Å². The van der Waals surface area contributed by atoms with Crippen molar-refractivity contribution in [3.05, 3.63) is 24.0 Å². The van der Waals surface area contributed by atoms with Gasteiger partial charge in [0.05, 0.1) is 5.76 Å². The van der Waals surface area contributed by atoms with Crippen molar-refractivity contribution in [3.63, 3.8) is 0 Å². The third kappa shape index (κ3) is 1.49. The highest BCUT2D eigenvalue weighted by Crippen LogP contribution is 2.21. The second kappa shape index (κ2) is 2.51. The summed E-state index contributed by atoms with van der Waals surface area (Å²) in [6.45, 7) is 1.29.